The molecule has 6 heteroatoms. The molecule has 1 amide bonds. The van der Waals surface area contributed by atoms with Gasteiger partial charge in [-0.15, -0.1) is 0 Å². The second-order valence-corrected chi connectivity index (χ2v) is 5.90. The van der Waals surface area contributed by atoms with Crippen molar-refractivity contribution in [1.82, 2.24) is 4.90 Å². The van der Waals surface area contributed by atoms with E-state index in [2.05, 4.69) is 0 Å². The second-order valence-electron chi connectivity index (χ2n) is 5.90. The number of carbonyl (C=O) groups is 1. The molecule has 2 atom stereocenters. The topological polar surface area (TPSA) is 74.0 Å². The van der Waals surface area contributed by atoms with Gasteiger partial charge in [0.15, 0.2) is 11.5 Å². The van der Waals surface area contributed by atoms with Crippen molar-refractivity contribution in [2.24, 2.45) is 5.73 Å². The third kappa shape index (κ3) is 2.89. The summed E-state index contributed by atoms with van der Waals surface area (Å²) < 4.78 is 17.3. The van der Waals surface area contributed by atoms with Crippen LogP contribution in [0.15, 0.2) is 24.3 Å². The van der Waals surface area contributed by atoms with Gasteiger partial charge in [0.1, 0.15) is 6.61 Å². The van der Waals surface area contributed by atoms with Crippen LogP contribution < -0.4 is 15.2 Å². The Kier molecular flexibility index (Phi) is 4.22. The minimum atomic E-state index is -1.02. The third-order valence-corrected chi connectivity index (χ3v) is 4.04. The van der Waals surface area contributed by atoms with Crippen LogP contribution in [0, 0.1) is 0 Å². The third-order valence-electron chi connectivity index (χ3n) is 4.04. The molecule has 2 aliphatic heterocycles. The molecule has 2 unspecified atom stereocenters. The van der Waals surface area contributed by atoms with Gasteiger partial charge in [-0.05, 0) is 25.5 Å². The van der Waals surface area contributed by atoms with Crippen molar-refractivity contribution >= 4 is 5.91 Å². The van der Waals surface area contributed by atoms with Gasteiger partial charge in [-0.1, -0.05) is 12.1 Å². The minimum absolute atomic E-state index is 0.0778. The number of nitrogens with zero attached hydrogens (tertiary/aromatic N) is 1. The lowest BCUT2D eigenvalue weighted by atomic mass is 10.0. The van der Waals surface area contributed by atoms with E-state index in [-0.39, 0.29) is 18.6 Å². The Bertz CT molecular complexity index is 551. The average molecular weight is 306 g/mol. The van der Waals surface area contributed by atoms with Crippen molar-refractivity contribution < 1.29 is 19.0 Å². The molecule has 0 bridgehead atoms. The number of fused-ring (bicyclic) bond motifs is 1. The van der Waals surface area contributed by atoms with Crippen molar-refractivity contribution in [2.75, 3.05) is 32.8 Å². The number of carbonyl (C=O) groups excluding carboxylic acids is 1. The Morgan fingerprint density at radius 1 is 1.41 bits per heavy atom. The van der Waals surface area contributed by atoms with Crippen LogP contribution in [0.5, 0.6) is 11.5 Å². The average Bonchev–Trinajstić information content (AvgIpc) is 2.79. The van der Waals surface area contributed by atoms with E-state index in [0.717, 1.165) is 6.42 Å². The van der Waals surface area contributed by atoms with Gasteiger partial charge in [-0.3, -0.25) is 4.79 Å². The zero-order valence-electron chi connectivity index (χ0n) is 12.8. The Labute approximate surface area is 130 Å². The SMILES string of the molecule is CC1(C(=O)N2CCCOC(CN)C2)COc2ccccc2O1. The first kappa shape index (κ1) is 15.1. The summed E-state index contributed by atoms with van der Waals surface area (Å²) in [5.74, 6) is 1.20. The maximum atomic E-state index is 12.9. The van der Waals surface area contributed by atoms with Crippen LogP contribution in [-0.4, -0.2) is 55.4 Å². The summed E-state index contributed by atoms with van der Waals surface area (Å²) in [6.07, 6.45) is 0.683. The molecule has 2 heterocycles. The summed E-state index contributed by atoms with van der Waals surface area (Å²) in [5, 5.41) is 0. The highest BCUT2D eigenvalue weighted by molar-refractivity contribution is 5.86. The van der Waals surface area contributed by atoms with Crippen LogP contribution in [0.25, 0.3) is 0 Å². The van der Waals surface area contributed by atoms with Gasteiger partial charge in [0, 0.05) is 26.2 Å². The number of para-hydroxylation sites is 2. The van der Waals surface area contributed by atoms with Gasteiger partial charge >= 0.3 is 0 Å². The normalized spacial score (nSPS) is 28.1. The Hall–Kier alpha value is -1.79. The fourth-order valence-corrected chi connectivity index (χ4v) is 2.80. The molecular weight excluding hydrogens is 284 g/mol. The predicted octanol–water partition coefficient (Wildman–Crippen LogP) is 0.793. The highest BCUT2D eigenvalue weighted by Crippen LogP contribution is 2.35. The summed E-state index contributed by atoms with van der Waals surface area (Å²) in [5.41, 5.74) is 4.67. The standard InChI is InChI=1S/C16H22N2O4/c1-16(11-21-13-5-2-3-6-14(13)22-16)15(19)18-7-4-8-20-12(9-17)10-18/h2-3,5-6,12H,4,7-11,17H2,1H3. The molecule has 1 aromatic carbocycles. The number of benzene rings is 1. The number of amides is 1. The van der Waals surface area contributed by atoms with E-state index in [4.69, 9.17) is 19.9 Å². The molecule has 1 fully saturated rings. The first-order valence-electron chi connectivity index (χ1n) is 7.64. The monoisotopic (exact) mass is 306 g/mol. The molecule has 0 aromatic heterocycles. The van der Waals surface area contributed by atoms with Crippen LogP contribution >= 0.6 is 0 Å². The first-order chi connectivity index (χ1) is 10.6. The number of hydrogen-bond acceptors (Lipinski definition) is 5. The second kappa shape index (κ2) is 6.14. The molecule has 2 aliphatic rings. The van der Waals surface area contributed by atoms with Gasteiger partial charge in [0.05, 0.1) is 6.10 Å². The number of hydrogen-bond donors (Lipinski definition) is 1. The fourth-order valence-electron chi connectivity index (χ4n) is 2.80. The quantitative estimate of drug-likeness (QED) is 0.874. The van der Waals surface area contributed by atoms with Crippen molar-refractivity contribution in [3.63, 3.8) is 0 Å². The molecule has 0 radical (unpaired) electrons. The maximum Gasteiger partial charge on any atom is 0.270 e. The smallest absolute Gasteiger partial charge is 0.270 e. The summed E-state index contributed by atoms with van der Waals surface area (Å²) in [7, 11) is 0. The minimum Gasteiger partial charge on any atom is -0.485 e. The van der Waals surface area contributed by atoms with Crippen LogP contribution in [0.2, 0.25) is 0 Å². The van der Waals surface area contributed by atoms with Crippen LogP contribution in [0.4, 0.5) is 0 Å². The number of nitrogens with two attached hydrogens (primary N) is 1. The van der Waals surface area contributed by atoms with Crippen LogP contribution in [-0.2, 0) is 9.53 Å². The number of rotatable bonds is 2. The molecule has 0 spiro atoms. The van der Waals surface area contributed by atoms with Gasteiger partial charge in [-0.2, -0.15) is 0 Å². The van der Waals surface area contributed by atoms with Gasteiger partial charge in [0.25, 0.3) is 5.91 Å². The highest BCUT2D eigenvalue weighted by Gasteiger charge is 2.43. The molecule has 1 saturated heterocycles. The molecular formula is C16H22N2O4. The van der Waals surface area contributed by atoms with E-state index in [1.807, 2.05) is 24.3 Å². The highest BCUT2D eigenvalue weighted by atomic mass is 16.6. The van der Waals surface area contributed by atoms with Crippen molar-refractivity contribution in [2.45, 2.75) is 25.0 Å². The van der Waals surface area contributed by atoms with E-state index >= 15 is 0 Å². The van der Waals surface area contributed by atoms with Gasteiger partial charge in [-0.25, -0.2) is 0 Å². The lowest BCUT2D eigenvalue weighted by molar-refractivity contribution is -0.152. The zero-order chi connectivity index (χ0) is 15.6. The fraction of sp³-hybridized carbons (Fsp3) is 0.562. The van der Waals surface area contributed by atoms with E-state index < -0.39 is 5.60 Å². The van der Waals surface area contributed by atoms with Crippen molar-refractivity contribution in [3.8, 4) is 11.5 Å². The molecule has 22 heavy (non-hydrogen) atoms. The predicted molar refractivity (Wildman–Crippen MR) is 81.0 cm³/mol. The molecule has 6 nitrogen and oxygen atoms in total. The Morgan fingerprint density at radius 3 is 2.95 bits per heavy atom. The van der Waals surface area contributed by atoms with Crippen molar-refractivity contribution in [1.29, 1.82) is 0 Å². The molecule has 120 valence electrons. The zero-order valence-corrected chi connectivity index (χ0v) is 12.8. The summed E-state index contributed by atoms with van der Waals surface area (Å²) in [6, 6.07) is 7.39. The molecule has 3 rings (SSSR count). The largest absolute Gasteiger partial charge is 0.485 e. The van der Waals surface area contributed by atoms with E-state index in [9.17, 15) is 4.79 Å². The molecule has 2 N–H and O–H groups in total. The molecule has 0 saturated carbocycles. The van der Waals surface area contributed by atoms with E-state index in [1.165, 1.54) is 0 Å². The van der Waals surface area contributed by atoms with Crippen LogP contribution in [0.3, 0.4) is 0 Å². The Morgan fingerprint density at radius 2 is 2.18 bits per heavy atom. The summed E-state index contributed by atoms with van der Waals surface area (Å²) in [6.45, 7) is 4.15. The summed E-state index contributed by atoms with van der Waals surface area (Å²) >= 11 is 0. The van der Waals surface area contributed by atoms with E-state index in [0.29, 0.717) is 37.7 Å². The maximum absolute atomic E-state index is 12.9. The van der Waals surface area contributed by atoms with Gasteiger partial charge < -0.3 is 24.8 Å². The first-order valence-corrected chi connectivity index (χ1v) is 7.64. The molecule has 0 aliphatic carbocycles. The van der Waals surface area contributed by atoms with E-state index in [1.54, 1.807) is 11.8 Å². The lowest BCUT2D eigenvalue weighted by Crippen LogP contribution is -2.57. The van der Waals surface area contributed by atoms with Crippen LogP contribution in [0.1, 0.15) is 13.3 Å². The Balaban J connectivity index is 1.76. The van der Waals surface area contributed by atoms with Crippen molar-refractivity contribution in [3.05, 3.63) is 24.3 Å². The lowest BCUT2D eigenvalue weighted by Gasteiger charge is -2.38. The number of ether oxygens (including phenoxy) is 3. The summed E-state index contributed by atoms with van der Waals surface area (Å²) in [4.78, 5) is 14.7. The van der Waals surface area contributed by atoms with Gasteiger partial charge in [0.2, 0.25) is 5.60 Å². The molecule has 1 aromatic rings.